The number of piperidine rings is 1. The summed E-state index contributed by atoms with van der Waals surface area (Å²) in [5.74, 6) is -1.36. The number of aliphatic hydroxyl groups is 1. The Morgan fingerprint density at radius 3 is 2.41 bits per heavy atom. The molecule has 1 fully saturated rings. The van der Waals surface area contributed by atoms with E-state index in [1.54, 1.807) is 0 Å². The SMILES string of the molecule is O=C(O)/C=C/C(=O)O.OCc1cnc2n1CCc1ccccc1C21CCNCC1. The van der Waals surface area contributed by atoms with E-state index < -0.39 is 11.9 Å². The molecule has 29 heavy (non-hydrogen) atoms. The van der Waals surface area contributed by atoms with Gasteiger partial charge >= 0.3 is 11.9 Å². The van der Waals surface area contributed by atoms with Gasteiger partial charge in [-0.25, -0.2) is 14.6 Å². The maximum Gasteiger partial charge on any atom is 0.328 e. The van der Waals surface area contributed by atoms with Gasteiger partial charge in [0, 0.05) is 18.7 Å². The lowest BCUT2D eigenvalue weighted by Crippen LogP contribution is -2.42. The number of aromatic nitrogens is 2. The number of aliphatic carboxylic acids is 2. The van der Waals surface area contributed by atoms with E-state index in [0.717, 1.165) is 50.4 Å². The summed E-state index contributed by atoms with van der Waals surface area (Å²) in [5, 5.41) is 28.7. The summed E-state index contributed by atoms with van der Waals surface area (Å²) in [6, 6.07) is 8.82. The second kappa shape index (κ2) is 9.02. The third-order valence-corrected chi connectivity index (χ3v) is 5.49. The van der Waals surface area contributed by atoms with Gasteiger partial charge in [0.05, 0.1) is 23.9 Å². The molecule has 1 spiro atoms. The fourth-order valence-corrected chi connectivity index (χ4v) is 4.22. The summed E-state index contributed by atoms with van der Waals surface area (Å²) in [7, 11) is 0. The third-order valence-electron chi connectivity index (χ3n) is 5.49. The Hall–Kier alpha value is -2.97. The number of carboxylic acid groups (broad SMARTS) is 2. The first kappa shape index (κ1) is 20.8. The van der Waals surface area contributed by atoms with Gasteiger partial charge in [-0.1, -0.05) is 24.3 Å². The van der Waals surface area contributed by atoms with Crippen LogP contribution in [0.25, 0.3) is 0 Å². The smallest absolute Gasteiger partial charge is 0.328 e. The standard InChI is InChI=1S/C17H21N3O.C4H4O4/c21-12-14-11-19-16-17(6-8-18-9-7-17)15-4-2-1-3-13(15)5-10-20(14)16;5-3(6)1-2-4(7)8/h1-4,11,18,21H,5-10,12H2;1-2H,(H,5,6)(H,7,8)/b;2-1+. The van der Waals surface area contributed by atoms with Crippen LogP contribution < -0.4 is 5.32 Å². The number of aryl methyl sites for hydroxylation is 1. The molecule has 0 unspecified atom stereocenters. The number of fused-ring (bicyclic) bond motifs is 4. The zero-order valence-electron chi connectivity index (χ0n) is 16.0. The molecule has 1 aromatic heterocycles. The van der Waals surface area contributed by atoms with E-state index in [0.29, 0.717) is 12.2 Å². The number of aliphatic hydroxyl groups excluding tert-OH is 1. The van der Waals surface area contributed by atoms with Gasteiger partial charge in [-0.2, -0.15) is 0 Å². The molecule has 4 N–H and O–H groups in total. The first-order valence-electron chi connectivity index (χ1n) is 9.56. The van der Waals surface area contributed by atoms with Gasteiger partial charge in [0.25, 0.3) is 0 Å². The van der Waals surface area contributed by atoms with Crippen LogP contribution in [0.4, 0.5) is 0 Å². The fourth-order valence-electron chi connectivity index (χ4n) is 4.22. The Balaban J connectivity index is 0.000000258. The molecule has 8 nitrogen and oxygen atoms in total. The van der Waals surface area contributed by atoms with Gasteiger partial charge in [-0.3, -0.25) is 0 Å². The minimum Gasteiger partial charge on any atom is -0.478 e. The maximum atomic E-state index is 9.60. The van der Waals surface area contributed by atoms with Crippen LogP contribution >= 0.6 is 0 Å². The van der Waals surface area contributed by atoms with Crippen LogP contribution in [-0.4, -0.2) is 49.9 Å². The largest absolute Gasteiger partial charge is 0.478 e. The highest BCUT2D eigenvalue weighted by molar-refractivity contribution is 5.89. The molecular weight excluding hydrogens is 374 g/mol. The number of hydrogen-bond donors (Lipinski definition) is 4. The highest BCUT2D eigenvalue weighted by atomic mass is 16.4. The van der Waals surface area contributed by atoms with Crippen LogP contribution in [0.5, 0.6) is 0 Å². The molecule has 0 saturated carbocycles. The number of rotatable bonds is 3. The molecule has 1 saturated heterocycles. The van der Waals surface area contributed by atoms with Gasteiger partial charge in [0.2, 0.25) is 0 Å². The molecule has 0 amide bonds. The summed E-state index contributed by atoms with van der Waals surface area (Å²) in [6.07, 6.45) is 6.14. The van der Waals surface area contributed by atoms with Crippen molar-refractivity contribution in [2.45, 2.75) is 37.8 Å². The van der Waals surface area contributed by atoms with Crippen molar-refractivity contribution in [2.24, 2.45) is 0 Å². The minimum absolute atomic E-state index is 0.00572. The normalized spacial score (nSPS) is 17.0. The molecule has 0 radical (unpaired) electrons. The molecule has 154 valence electrons. The van der Waals surface area contributed by atoms with Gasteiger partial charge in [0.1, 0.15) is 5.82 Å². The Kier molecular flexibility index (Phi) is 6.46. The van der Waals surface area contributed by atoms with E-state index in [1.165, 1.54) is 11.1 Å². The van der Waals surface area contributed by atoms with Crippen molar-refractivity contribution in [3.05, 3.63) is 65.3 Å². The summed E-state index contributed by atoms with van der Waals surface area (Å²) >= 11 is 0. The lowest BCUT2D eigenvalue weighted by atomic mass is 9.71. The van der Waals surface area contributed by atoms with Gasteiger partial charge in [-0.05, 0) is 43.5 Å². The number of hydrogen-bond acceptors (Lipinski definition) is 5. The molecular formula is C21H25N3O5. The van der Waals surface area contributed by atoms with Crippen molar-refractivity contribution < 1.29 is 24.9 Å². The zero-order chi connectivity index (χ0) is 20.9. The van der Waals surface area contributed by atoms with Crippen molar-refractivity contribution in [1.29, 1.82) is 0 Å². The monoisotopic (exact) mass is 399 g/mol. The summed E-state index contributed by atoms with van der Waals surface area (Å²) in [5.41, 5.74) is 3.83. The van der Waals surface area contributed by atoms with E-state index in [9.17, 15) is 14.7 Å². The number of imidazole rings is 1. The molecule has 8 heteroatoms. The van der Waals surface area contributed by atoms with Gasteiger partial charge in [-0.15, -0.1) is 0 Å². The summed E-state index contributed by atoms with van der Waals surface area (Å²) in [6.45, 7) is 3.03. The van der Waals surface area contributed by atoms with E-state index in [4.69, 9.17) is 15.2 Å². The predicted molar refractivity (Wildman–Crippen MR) is 106 cm³/mol. The molecule has 1 aromatic carbocycles. The van der Waals surface area contributed by atoms with Crippen LogP contribution in [-0.2, 0) is 34.6 Å². The zero-order valence-corrected chi connectivity index (χ0v) is 16.0. The van der Waals surface area contributed by atoms with E-state index in [1.807, 2.05) is 6.20 Å². The van der Waals surface area contributed by atoms with Crippen LogP contribution in [0, 0.1) is 0 Å². The molecule has 2 aromatic rings. The predicted octanol–water partition coefficient (Wildman–Crippen LogP) is 1.31. The van der Waals surface area contributed by atoms with Crippen molar-refractivity contribution in [3.8, 4) is 0 Å². The van der Waals surface area contributed by atoms with Crippen LogP contribution in [0.3, 0.4) is 0 Å². The van der Waals surface area contributed by atoms with E-state index in [2.05, 4.69) is 34.1 Å². The molecule has 0 bridgehead atoms. The van der Waals surface area contributed by atoms with E-state index >= 15 is 0 Å². The molecule has 0 atom stereocenters. The Morgan fingerprint density at radius 2 is 1.79 bits per heavy atom. The summed E-state index contributed by atoms with van der Waals surface area (Å²) in [4.78, 5) is 23.8. The Morgan fingerprint density at radius 1 is 1.14 bits per heavy atom. The third kappa shape index (κ3) is 4.38. The van der Waals surface area contributed by atoms with Crippen molar-refractivity contribution >= 4 is 11.9 Å². The van der Waals surface area contributed by atoms with Crippen molar-refractivity contribution in [3.63, 3.8) is 0 Å². The van der Waals surface area contributed by atoms with E-state index in [-0.39, 0.29) is 12.0 Å². The topological polar surface area (TPSA) is 125 Å². The van der Waals surface area contributed by atoms with Crippen molar-refractivity contribution in [2.75, 3.05) is 13.1 Å². The highest BCUT2D eigenvalue weighted by Crippen LogP contribution is 2.43. The molecule has 2 aliphatic rings. The van der Waals surface area contributed by atoms with Gasteiger partial charge in [0.15, 0.2) is 0 Å². The number of carboxylic acids is 2. The van der Waals surface area contributed by atoms with Crippen LogP contribution in [0.2, 0.25) is 0 Å². The minimum atomic E-state index is -1.26. The average molecular weight is 399 g/mol. The lowest BCUT2D eigenvalue weighted by Gasteiger charge is -2.38. The Bertz CT molecular complexity index is 897. The maximum absolute atomic E-state index is 9.60. The second-order valence-corrected chi connectivity index (χ2v) is 7.13. The first-order chi connectivity index (χ1) is 14.0. The Labute approximate surface area is 168 Å². The first-order valence-corrected chi connectivity index (χ1v) is 9.56. The molecule has 0 aliphatic carbocycles. The molecule has 2 aliphatic heterocycles. The van der Waals surface area contributed by atoms with Crippen LogP contribution in [0.15, 0.2) is 42.6 Å². The number of nitrogens with zero attached hydrogens (tertiary/aromatic N) is 2. The van der Waals surface area contributed by atoms with Crippen molar-refractivity contribution in [1.82, 2.24) is 14.9 Å². The number of carbonyl (C=O) groups is 2. The molecule has 3 heterocycles. The van der Waals surface area contributed by atoms with Crippen LogP contribution in [0.1, 0.15) is 35.5 Å². The average Bonchev–Trinajstić information content (AvgIpc) is 3.10. The lowest BCUT2D eigenvalue weighted by molar-refractivity contribution is -0.134. The number of nitrogens with one attached hydrogen (secondary N) is 1. The highest BCUT2D eigenvalue weighted by Gasteiger charge is 2.42. The number of benzene rings is 1. The molecule has 4 rings (SSSR count). The second-order valence-electron chi connectivity index (χ2n) is 7.13. The quantitative estimate of drug-likeness (QED) is 0.574. The summed E-state index contributed by atoms with van der Waals surface area (Å²) < 4.78 is 2.26. The fraction of sp³-hybridized carbons (Fsp3) is 0.381. The van der Waals surface area contributed by atoms with Gasteiger partial charge < -0.3 is 25.2 Å².